The van der Waals surface area contributed by atoms with E-state index in [2.05, 4.69) is 19.2 Å². The van der Waals surface area contributed by atoms with E-state index in [1.165, 1.54) is 0 Å². The van der Waals surface area contributed by atoms with E-state index in [1.807, 2.05) is 38.1 Å². The lowest BCUT2D eigenvalue weighted by Gasteiger charge is -2.28. The SMILES string of the molecule is CC(C)COc1ccc(C(C)(C)C(=O)NC2CCCC2CN)cc1. The van der Waals surface area contributed by atoms with Crippen LogP contribution in [-0.4, -0.2) is 25.1 Å². The number of amides is 1. The number of rotatable bonds is 7. The first-order chi connectivity index (χ1) is 11.3. The first kappa shape index (κ1) is 18.8. The van der Waals surface area contributed by atoms with Crippen molar-refractivity contribution in [3.63, 3.8) is 0 Å². The number of carbonyl (C=O) groups is 1. The highest BCUT2D eigenvalue weighted by atomic mass is 16.5. The third-order valence-corrected chi connectivity index (χ3v) is 5.01. The van der Waals surface area contributed by atoms with E-state index in [0.29, 0.717) is 25.0 Å². The Balaban J connectivity index is 2.01. The average Bonchev–Trinajstić information content (AvgIpc) is 3.00. The maximum atomic E-state index is 12.8. The van der Waals surface area contributed by atoms with Crippen LogP contribution in [0.15, 0.2) is 24.3 Å². The minimum atomic E-state index is -0.571. The molecular weight excluding hydrogens is 300 g/mol. The van der Waals surface area contributed by atoms with Gasteiger partial charge in [-0.25, -0.2) is 0 Å². The number of hydrogen-bond acceptors (Lipinski definition) is 3. The van der Waals surface area contributed by atoms with Crippen LogP contribution >= 0.6 is 0 Å². The van der Waals surface area contributed by atoms with Gasteiger partial charge in [0, 0.05) is 6.04 Å². The summed E-state index contributed by atoms with van der Waals surface area (Å²) in [6.45, 7) is 9.54. The normalized spacial score (nSPS) is 21.1. The highest BCUT2D eigenvalue weighted by Crippen LogP contribution is 2.29. The van der Waals surface area contributed by atoms with Crippen LogP contribution < -0.4 is 15.8 Å². The van der Waals surface area contributed by atoms with E-state index < -0.39 is 5.41 Å². The van der Waals surface area contributed by atoms with Crippen LogP contribution in [0.5, 0.6) is 5.75 Å². The molecule has 0 bridgehead atoms. The van der Waals surface area contributed by atoms with Gasteiger partial charge in [0.2, 0.25) is 5.91 Å². The van der Waals surface area contributed by atoms with Crippen LogP contribution in [0.25, 0.3) is 0 Å². The quantitative estimate of drug-likeness (QED) is 0.805. The zero-order valence-corrected chi connectivity index (χ0v) is 15.5. The molecule has 134 valence electrons. The molecule has 0 spiro atoms. The summed E-state index contributed by atoms with van der Waals surface area (Å²) in [7, 11) is 0. The Morgan fingerprint density at radius 2 is 1.96 bits per heavy atom. The van der Waals surface area contributed by atoms with Crippen molar-refractivity contribution in [2.24, 2.45) is 17.6 Å². The largest absolute Gasteiger partial charge is 0.493 e. The summed E-state index contributed by atoms with van der Waals surface area (Å²) in [5, 5.41) is 3.22. The number of hydrogen-bond donors (Lipinski definition) is 2. The second kappa shape index (κ2) is 8.02. The van der Waals surface area contributed by atoms with Gasteiger partial charge in [-0.1, -0.05) is 32.4 Å². The fourth-order valence-corrected chi connectivity index (χ4v) is 3.22. The summed E-state index contributed by atoms with van der Waals surface area (Å²) in [6.07, 6.45) is 3.30. The molecule has 2 rings (SSSR count). The molecule has 2 unspecified atom stereocenters. The molecule has 1 aromatic carbocycles. The van der Waals surface area contributed by atoms with Crippen molar-refractivity contribution < 1.29 is 9.53 Å². The molecule has 0 aromatic heterocycles. The van der Waals surface area contributed by atoms with Crippen molar-refractivity contribution in [2.75, 3.05) is 13.2 Å². The fraction of sp³-hybridized carbons (Fsp3) is 0.650. The molecule has 3 N–H and O–H groups in total. The zero-order valence-electron chi connectivity index (χ0n) is 15.5. The van der Waals surface area contributed by atoms with E-state index in [1.54, 1.807) is 0 Å². The van der Waals surface area contributed by atoms with Crippen LogP contribution in [0.2, 0.25) is 0 Å². The summed E-state index contributed by atoms with van der Waals surface area (Å²) < 4.78 is 5.72. The molecule has 1 aliphatic rings. The summed E-state index contributed by atoms with van der Waals surface area (Å²) in [5.41, 5.74) is 6.25. The van der Waals surface area contributed by atoms with Crippen molar-refractivity contribution in [1.29, 1.82) is 0 Å². The molecule has 4 nitrogen and oxygen atoms in total. The number of ether oxygens (including phenoxy) is 1. The standard InChI is InChI=1S/C20H32N2O2/c1-14(2)13-24-17-10-8-16(9-11-17)20(3,4)19(23)22-18-7-5-6-15(18)12-21/h8-11,14-15,18H,5-7,12-13,21H2,1-4H3,(H,22,23). The van der Waals surface area contributed by atoms with Gasteiger partial charge in [-0.3, -0.25) is 4.79 Å². The predicted octanol–water partition coefficient (Wildman–Crippen LogP) is 3.24. The van der Waals surface area contributed by atoms with Crippen molar-refractivity contribution in [2.45, 2.75) is 58.4 Å². The van der Waals surface area contributed by atoms with Gasteiger partial charge in [-0.05, 0) is 62.8 Å². The van der Waals surface area contributed by atoms with Crippen molar-refractivity contribution in [3.8, 4) is 5.75 Å². The lowest BCUT2D eigenvalue weighted by Crippen LogP contribution is -2.47. The monoisotopic (exact) mass is 332 g/mol. The second-order valence-electron chi connectivity index (χ2n) is 7.86. The molecule has 1 saturated carbocycles. The molecule has 1 aliphatic carbocycles. The number of nitrogens with one attached hydrogen (secondary N) is 1. The highest BCUT2D eigenvalue weighted by Gasteiger charge is 2.34. The van der Waals surface area contributed by atoms with Gasteiger partial charge in [-0.2, -0.15) is 0 Å². The zero-order chi connectivity index (χ0) is 17.7. The first-order valence-corrected chi connectivity index (χ1v) is 9.09. The Morgan fingerprint density at radius 1 is 1.29 bits per heavy atom. The molecular formula is C20H32N2O2. The Morgan fingerprint density at radius 3 is 2.54 bits per heavy atom. The number of benzene rings is 1. The summed E-state index contributed by atoms with van der Waals surface area (Å²) >= 11 is 0. The van der Waals surface area contributed by atoms with Crippen LogP contribution in [0.1, 0.15) is 52.5 Å². The minimum Gasteiger partial charge on any atom is -0.493 e. The molecule has 0 heterocycles. The molecule has 1 fully saturated rings. The Bertz CT molecular complexity index is 537. The highest BCUT2D eigenvalue weighted by molar-refractivity contribution is 5.87. The molecule has 0 radical (unpaired) electrons. The van der Waals surface area contributed by atoms with E-state index in [0.717, 1.165) is 30.6 Å². The fourth-order valence-electron chi connectivity index (χ4n) is 3.22. The Labute approximate surface area is 146 Å². The molecule has 4 heteroatoms. The predicted molar refractivity (Wildman–Crippen MR) is 98.1 cm³/mol. The summed E-state index contributed by atoms with van der Waals surface area (Å²) in [4.78, 5) is 12.8. The second-order valence-corrected chi connectivity index (χ2v) is 7.86. The maximum absolute atomic E-state index is 12.8. The Kier molecular flexibility index (Phi) is 6.27. The lowest BCUT2D eigenvalue weighted by atomic mass is 9.83. The minimum absolute atomic E-state index is 0.0729. The van der Waals surface area contributed by atoms with Crippen molar-refractivity contribution in [1.82, 2.24) is 5.32 Å². The summed E-state index contributed by atoms with van der Waals surface area (Å²) in [5.74, 6) is 1.83. The molecule has 1 aromatic rings. The van der Waals surface area contributed by atoms with Gasteiger partial charge in [0.15, 0.2) is 0 Å². The maximum Gasteiger partial charge on any atom is 0.230 e. The van der Waals surface area contributed by atoms with E-state index >= 15 is 0 Å². The van der Waals surface area contributed by atoms with Crippen LogP contribution in [0, 0.1) is 11.8 Å². The van der Waals surface area contributed by atoms with Crippen molar-refractivity contribution in [3.05, 3.63) is 29.8 Å². The molecule has 2 atom stereocenters. The third-order valence-electron chi connectivity index (χ3n) is 5.01. The molecule has 24 heavy (non-hydrogen) atoms. The van der Waals surface area contributed by atoms with E-state index in [-0.39, 0.29) is 11.9 Å². The molecule has 0 aliphatic heterocycles. The number of nitrogens with two attached hydrogens (primary N) is 1. The summed E-state index contributed by atoms with van der Waals surface area (Å²) in [6, 6.07) is 8.10. The lowest BCUT2D eigenvalue weighted by molar-refractivity contribution is -0.126. The Hall–Kier alpha value is -1.55. The third kappa shape index (κ3) is 4.50. The van der Waals surface area contributed by atoms with E-state index in [4.69, 9.17) is 10.5 Å². The topological polar surface area (TPSA) is 64.3 Å². The van der Waals surface area contributed by atoms with Gasteiger partial charge >= 0.3 is 0 Å². The first-order valence-electron chi connectivity index (χ1n) is 9.09. The smallest absolute Gasteiger partial charge is 0.230 e. The van der Waals surface area contributed by atoms with Gasteiger partial charge in [0.1, 0.15) is 5.75 Å². The van der Waals surface area contributed by atoms with Gasteiger partial charge in [0.05, 0.1) is 12.0 Å². The van der Waals surface area contributed by atoms with Gasteiger partial charge in [0.25, 0.3) is 0 Å². The number of carbonyl (C=O) groups excluding carboxylic acids is 1. The van der Waals surface area contributed by atoms with Crippen LogP contribution in [-0.2, 0) is 10.2 Å². The van der Waals surface area contributed by atoms with Crippen molar-refractivity contribution >= 4 is 5.91 Å². The van der Waals surface area contributed by atoms with Crippen LogP contribution in [0.3, 0.4) is 0 Å². The molecule has 1 amide bonds. The van der Waals surface area contributed by atoms with Crippen LogP contribution in [0.4, 0.5) is 0 Å². The average molecular weight is 332 g/mol. The van der Waals surface area contributed by atoms with Gasteiger partial charge < -0.3 is 15.8 Å². The van der Waals surface area contributed by atoms with E-state index in [9.17, 15) is 4.79 Å². The van der Waals surface area contributed by atoms with Gasteiger partial charge in [-0.15, -0.1) is 0 Å². The molecule has 0 saturated heterocycles.